The lowest BCUT2D eigenvalue weighted by molar-refractivity contribution is 0.182. The van der Waals surface area contributed by atoms with E-state index in [-0.39, 0.29) is 11.3 Å². The van der Waals surface area contributed by atoms with Gasteiger partial charge in [-0.15, -0.1) is 0 Å². The number of ether oxygens (including phenoxy) is 1. The molecule has 15 heavy (non-hydrogen) atoms. The fourth-order valence-electron chi connectivity index (χ4n) is 1.37. The Labute approximate surface area is 95.0 Å². The highest BCUT2D eigenvalue weighted by Crippen LogP contribution is 2.10. The van der Waals surface area contributed by atoms with Gasteiger partial charge in [-0.2, -0.15) is 0 Å². The van der Waals surface area contributed by atoms with Crippen LogP contribution < -0.4 is 5.32 Å². The normalized spacial score (nSPS) is 12.5. The molecule has 0 aliphatic rings. The van der Waals surface area contributed by atoms with Crippen molar-refractivity contribution in [1.82, 2.24) is 9.97 Å². The molecule has 1 aromatic rings. The van der Waals surface area contributed by atoms with Crippen LogP contribution in [0.3, 0.4) is 0 Å². The maximum absolute atomic E-state index is 5.69. The molecule has 1 unspecified atom stereocenters. The Balaban J connectivity index is 2.56. The zero-order valence-electron chi connectivity index (χ0n) is 9.03. The molecule has 5 heteroatoms. The molecule has 0 spiro atoms. The standard InChI is InChI=1S/C10H16ClN3O/c1-3-4-8(7-15-2)13-9-5-6-12-10(11)14-9/h5-6,8H,3-4,7H2,1-2H3,(H,12,13,14). The summed E-state index contributed by atoms with van der Waals surface area (Å²) < 4.78 is 5.12. The van der Waals surface area contributed by atoms with E-state index >= 15 is 0 Å². The molecule has 0 aliphatic heterocycles. The smallest absolute Gasteiger partial charge is 0.224 e. The molecule has 0 saturated carbocycles. The van der Waals surface area contributed by atoms with E-state index in [4.69, 9.17) is 16.3 Å². The van der Waals surface area contributed by atoms with Crippen LogP contribution >= 0.6 is 11.6 Å². The molecule has 1 rings (SSSR count). The first-order chi connectivity index (χ1) is 7.26. The summed E-state index contributed by atoms with van der Waals surface area (Å²) in [5.41, 5.74) is 0. The summed E-state index contributed by atoms with van der Waals surface area (Å²) in [4.78, 5) is 7.89. The lowest BCUT2D eigenvalue weighted by Gasteiger charge is -2.17. The summed E-state index contributed by atoms with van der Waals surface area (Å²) in [6, 6.07) is 2.07. The number of rotatable bonds is 6. The zero-order chi connectivity index (χ0) is 11.1. The van der Waals surface area contributed by atoms with Gasteiger partial charge in [-0.25, -0.2) is 9.97 Å². The van der Waals surface area contributed by atoms with Crippen LogP contribution in [0.2, 0.25) is 5.28 Å². The SMILES string of the molecule is CCCC(COC)Nc1ccnc(Cl)n1. The van der Waals surface area contributed by atoms with E-state index in [1.807, 2.05) is 0 Å². The first-order valence-corrected chi connectivity index (χ1v) is 5.38. The van der Waals surface area contributed by atoms with Crippen LogP contribution in [0.5, 0.6) is 0 Å². The number of nitrogens with one attached hydrogen (secondary N) is 1. The molecule has 0 aromatic carbocycles. The Bertz CT molecular complexity index is 290. The van der Waals surface area contributed by atoms with Crippen molar-refractivity contribution in [3.63, 3.8) is 0 Å². The Morgan fingerprint density at radius 1 is 1.60 bits per heavy atom. The van der Waals surface area contributed by atoms with Gasteiger partial charge in [0, 0.05) is 13.3 Å². The number of halogens is 1. The number of aromatic nitrogens is 2. The molecule has 84 valence electrons. The van der Waals surface area contributed by atoms with Crippen LogP contribution in [-0.4, -0.2) is 29.7 Å². The third-order valence-electron chi connectivity index (χ3n) is 1.98. The molecule has 0 bridgehead atoms. The highest BCUT2D eigenvalue weighted by molar-refractivity contribution is 6.28. The molecule has 0 radical (unpaired) electrons. The van der Waals surface area contributed by atoms with Crippen LogP contribution in [0.1, 0.15) is 19.8 Å². The van der Waals surface area contributed by atoms with E-state index in [0.29, 0.717) is 6.61 Å². The van der Waals surface area contributed by atoms with Crippen LogP contribution in [0.15, 0.2) is 12.3 Å². The fourth-order valence-corrected chi connectivity index (χ4v) is 1.52. The molecule has 0 amide bonds. The predicted molar refractivity (Wildman–Crippen MR) is 61.2 cm³/mol. The monoisotopic (exact) mass is 229 g/mol. The third-order valence-corrected chi connectivity index (χ3v) is 2.17. The van der Waals surface area contributed by atoms with Gasteiger partial charge in [0.1, 0.15) is 5.82 Å². The van der Waals surface area contributed by atoms with Gasteiger partial charge in [0.05, 0.1) is 12.6 Å². The van der Waals surface area contributed by atoms with E-state index in [1.54, 1.807) is 19.4 Å². The van der Waals surface area contributed by atoms with Crippen molar-refractivity contribution in [2.24, 2.45) is 0 Å². The maximum Gasteiger partial charge on any atom is 0.224 e. The van der Waals surface area contributed by atoms with Crippen molar-refractivity contribution in [1.29, 1.82) is 0 Å². The summed E-state index contributed by atoms with van der Waals surface area (Å²) in [5.74, 6) is 0.741. The average molecular weight is 230 g/mol. The second kappa shape index (κ2) is 6.58. The van der Waals surface area contributed by atoms with E-state index in [0.717, 1.165) is 18.7 Å². The lowest BCUT2D eigenvalue weighted by atomic mass is 10.2. The fraction of sp³-hybridized carbons (Fsp3) is 0.600. The Kier molecular flexibility index (Phi) is 5.36. The van der Waals surface area contributed by atoms with E-state index in [9.17, 15) is 0 Å². The Morgan fingerprint density at radius 2 is 2.40 bits per heavy atom. The van der Waals surface area contributed by atoms with Crippen molar-refractivity contribution in [2.45, 2.75) is 25.8 Å². The van der Waals surface area contributed by atoms with Gasteiger partial charge in [0.2, 0.25) is 5.28 Å². The minimum absolute atomic E-state index is 0.257. The molecular weight excluding hydrogens is 214 g/mol. The number of hydrogen-bond acceptors (Lipinski definition) is 4. The first kappa shape index (κ1) is 12.2. The maximum atomic E-state index is 5.69. The minimum Gasteiger partial charge on any atom is -0.383 e. The summed E-state index contributed by atoms with van der Waals surface area (Å²) in [7, 11) is 1.69. The molecular formula is C10H16ClN3O. The van der Waals surface area contributed by atoms with E-state index in [1.165, 1.54) is 0 Å². The number of hydrogen-bond donors (Lipinski definition) is 1. The van der Waals surface area contributed by atoms with Gasteiger partial charge >= 0.3 is 0 Å². The van der Waals surface area contributed by atoms with Crippen molar-refractivity contribution in [2.75, 3.05) is 19.0 Å². The van der Waals surface area contributed by atoms with Crippen LogP contribution in [0.25, 0.3) is 0 Å². The highest BCUT2D eigenvalue weighted by atomic mass is 35.5. The van der Waals surface area contributed by atoms with Gasteiger partial charge in [-0.05, 0) is 24.1 Å². The average Bonchev–Trinajstić information content (AvgIpc) is 2.18. The molecule has 1 atom stereocenters. The topological polar surface area (TPSA) is 47.0 Å². The molecule has 4 nitrogen and oxygen atoms in total. The van der Waals surface area contributed by atoms with Gasteiger partial charge in [-0.3, -0.25) is 0 Å². The second-order valence-corrected chi connectivity index (χ2v) is 3.63. The van der Waals surface area contributed by atoms with Crippen molar-refractivity contribution < 1.29 is 4.74 Å². The van der Waals surface area contributed by atoms with Crippen LogP contribution in [-0.2, 0) is 4.74 Å². The highest BCUT2D eigenvalue weighted by Gasteiger charge is 2.07. The Morgan fingerprint density at radius 3 is 3.00 bits per heavy atom. The lowest BCUT2D eigenvalue weighted by Crippen LogP contribution is -2.25. The van der Waals surface area contributed by atoms with Crippen LogP contribution in [0.4, 0.5) is 5.82 Å². The van der Waals surface area contributed by atoms with Gasteiger partial charge in [0.25, 0.3) is 0 Å². The molecule has 0 saturated heterocycles. The van der Waals surface area contributed by atoms with Crippen molar-refractivity contribution in [3.05, 3.63) is 17.5 Å². The summed E-state index contributed by atoms with van der Waals surface area (Å²) in [5, 5.41) is 3.52. The number of nitrogens with zero attached hydrogens (tertiary/aromatic N) is 2. The first-order valence-electron chi connectivity index (χ1n) is 5.00. The summed E-state index contributed by atoms with van der Waals surface area (Å²) >= 11 is 5.69. The second-order valence-electron chi connectivity index (χ2n) is 3.30. The van der Waals surface area contributed by atoms with Gasteiger partial charge < -0.3 is 10.1 Å². The van der Waals surface area contributed by atoms with Crippen LogP contribution in [0, 0.1) is 0 Å². The van der Waals surface area contributed by atoms with E-state index < -0.39 is 0 Å². The molecule has 0 fully saturated rings. The third kappa shape index (κ3) is 4.44. The number of methoxy groups -OCH3 is 1. The zero-order valence-corrected chi connectivity index (χ0v) is 9.79. The van der Waals surface area contributed by atoms with Crippen molar-refractivity contribution >= 4 is 17.4 Å². The van der Waals surface area contributed by atoms with E-state index in [2.05, 4.69) is 22.2 Å². The Hall–Kier alpha value is -0.870. The molecule has 1 heterocycles. The predicted octanol–water partition coefficient (Wildman–Crippen LogP) is 2.36. The van der Waals surface area contributed by atoms with Gasteiger partial charge in [-0.1, -0.05) is 13.3 Å². The minimum atomic E-state index is 0.257. The molecule has 0 aliphatic carbocycles. The van der Waals surface area contributed by atoms with Crippen molar-refractivity contribution in [3.8, 4) is 0 Å². The quantitative estimate of drug-likeness (QED) is 0.761. The summed E-state index contributed by atoms with van der Waals surface area (Å²) in [6.07, 6.45) is 3.77. The molecule has 1 aromatic heterocycles. The summed E-state index contributed by atoms with van der Waals surface area (Å²) in [6.45, 7) is 2.80. The molecule has 1 N–H and O–H groups in total. The van der Waals surface area contributed by atoms with Gasteiger partial charge in [0.15, 0.2) is 0 Å². The number of anilines is 1. The largest absolute Gasteiger partial charge is 0.383 e.